The molecular weight excluding hydrogens is 266 g/mol. The van der Waals surface area contributed by atoms with Crippen LogP contribution in [0.4, 0.5) is 0 Å². The number of hydrogen-bond donors (Lipinski definition) is 0. The Kier molecular flexibility index (Phi) is 4.96. The smallest absolute Gasteiger partial charge is 0.240 e. The van der Waals surface area contributed by atoms with E-state index in [0.29, 0.717) is 12.4 Å². The van der Waals surface area contributed by atoms with E-state index in [0.717, 1.165) is 17.1 Å². The number of nitrogens with zero attached hydrogens (tertiary/aromatic N) is 3. The van der Waals surface area contributed by atoms with Crippen LogP contribution in [0.15, 0.2) is 28.8 Å². The van der Waals surface area contributed by atoms with E-state index in [2.05, 4.69) is 41.9 Å². The average molecular weight is 289 g/mol. The third-order valence-corrected chi connectivity index (χ3v) is 3.64. The quantitative estimate of drug-likeness (QED) is 0.816. The summed E-state index contributed by atoms with van der Waals surface area (Å²) in [5, 5.41) is 4.00. The van der Waals surface area contributed by atoms with Crippen molar-refractivity contribution in [2.24, 2.45) is 0 Å². The zero-order valence-corrected chi connectivity index (χ0v) is 13.3. The highest BCUT2D eigenvalue weighted by Gasteiger charge is 2.18. The van der Waals surface area contributed by atoms with Crippen LogP contribution in [0.5, 0.6) is 5.75 Å². The van der Waals surface area contributed by atoms with Crippen LogP contribution in [-0.4, -0.2) is 29.2 Å². The summed E-state index contributed by atoms with van der Waals surface area (Å²) in [6.07, 6.45) is 0. The Bertz CT molecular complexity index is 580. The molecule has 5 nitrogen and oxygen atoms in total. The Balaban J connectivity index is 2.09. The van der Waals surface area contributed by atoms with E-state index in [1.54, 1.807) is 7.11 Å². The Morgan fingerprint density at radius 2 is 1.95 bits per heavy atom. The molecule has 2 rings (SSSR count). The highest BCUT2D eigenvalue weighted by Crippen LogP contribution is 2.28. The van der Waals surface area contributed by atoms with E-state index in [-0.39, 0.29) is 12.0 Å². The van der Waals surface area contributed by atoms with E-state index in [1.165, 1.54) is 0 Å². The first-order valence-corrected chi connectivity index (χ1v) is 7.18. The zero-order valence-electron chi connectivity index (χ0n) is 13.3. The maximum absolute atomic E-state index is 5.42. The molecule has 21 heavy (non-hydrogen) atoms. The molecule has 0 spiro atoms. The number of ether oxygens (including phenoxy) is 1. The Morgan fingerprint density at radius 1 is 1.24 bits per heavy atom. The lowest BCUT2D eigenvalue weighted by Gasteiger charge is -2.24. The molecule has 1 aromatic heterocycles. The summed E-state index contributed by atoms with van der Waals surface area (Å²) in [4.78, 5) is 6.58. The maximum Gasteiger partial charge on any atom is 0.240 e. The van der Waals surface area contributed by atoms with Crippen molar-refractivity contribution in [3.63, 3.8) is 0 Å². The van der Waals surface area contributed by atoms with Crippen LogP contribution < -0.4 is 4.74 Å². The summed E-state index contributed by atoms with van der Waals surface area (Å²) < 4.78 is 10.7. The molecule has 2 aromatic rings. The van der Waals surface area contributed by atoms with Crippen molar-refractivity contribution in [1.29, 1.82) is 0 Å². The second kappa shape index (κ2) is 6.72. The molecule has 114 valence electrons. The van der Waals surface area contributed by atoms with Crippen molar-refractivity contribution in [3.05, 3.63) is 41.5 Å². The molecule has 1 atom stereocenters. The lowest BCUT2D eigenvalue weighted by Crippen LogP contribution is -2.22. The summed E-state index contributed by atoms with van der Waals surface area (Å²) in [7, 11) is 3.73. The number of benzene rings is 1. The summed E-state index contributed by atoms with van der Waals surface area (Å²) in [5.41, 5.74) is 1.14. The molecule has 0 N–H and O–H groups in total. The van der Waals surface area contributed by atoms with Crippen LogP contribution in [0.3, 0.4) is 0 Å². The molecule has 0 saturated carbocycles. The van der Waals surface area contributed by atoms with Gasteiger partial charge in [0.25, 0.3) is 0 Å². The topological polar surface area (TPSA) is 51.4 Å². The van der Waals surface area contributed by atoms with Gasteiger partial charge in [-0.05, 0) is 20.0 Å². The van der Waals surface area contributed by atoms with E-state index >= 15 is 0 Å². The molecular formula is C16H23N3O2. The molecule has 0 amide bonds. The van der Waals surface area contributed by atoms with Gasteiger partial charge in [-0.1, -0.05) is 37.2 Å². The number of hydrogen-bond acceptors (Lipinski definition) is 5. The van der Waals surface area contributed by atoms with Gasteiger partial charge in [0, 0.05) is 17.5 Å². The van der Waals surface area contributed by atoms with Gasteiger partial charge in [0.2, 0.25) is 5.89 Å². The fourth-order valence-electron chi connectivity index (χ4n) is 2.17. The monoisotopic (exact) mass is 289 g/mol. The average Bonchev–Trinajstić information content (AvgIpc) is 2.95. The summed E-state index contributed by atoms with van der Waals surface area (Å²) >= 11 is 0. The predicted molar refractivity (Wildman–Crippen MR) is 81.3 cm³/mol. The van der Waals surface area contributed by atoms with E-state index in [4.69, 9.17) is 9.26 Å². The van der Waals surface area contributed by atoms with Gasteiger partial charge in [-0.15, -0.1) is 0 Å². The van der Waals surface area contributed by atoms with Crippen LogP contribution in [0.1, 0.15) is 50.0 Å². The molecule has 1 aromatic carbocycles. The van der Waals surface area contributed by atoms with Gasteiger partial charge in [0.1, 0.15) is 5.75 Å². The first-order chi connectivity index (χ1) is 10.0. The van der Waals surface area contributed by atoms with Crippen molar-refractivity contribution in [1.82, 2.24) is 15.0 Å². The molecule has 0 unspecified atom stereocenters. The van der Waals surface area contributed by atoms with Crippen LogP contribution in [-0.2, 0) is 6.54 Å². The van der Waals surface area contributed by atoms with E-state index in [1.807, 2.05) is 25.2 Å². The Labute approximate surface area is 125 Å². The number of rotatable bonds is 6. The Hall–Kier alpha value is -1.88. The highest BCUT2D eigenvalue weighted by atomic mass is 16.5. The highest BCUT2D eigenvalue weighted by molar-refractivity contribution is 5.35. The van der Waals surface area contributed by atoms with Gasteiger partial charge in [0.15, 0.2) is 5.82 Å². The third kappa shape index (κ3) is 3.61. The lowest BCUT2D eigenvalue weighted by molar-refractivity contribution is 0.212. The molecule has 0 radical (unpaired) electrons. The standard InChI is InChI=1S/C16H23N3O2/c1-11(2)16-17-15(21-18-16)10-19(4)12(3)13-8-6-7-9-14(13)20-5/h6-9,11-12H,10H2,1-5H3/t12-/m0/s1. The largest absolute Gasteiger partial charge is 0.496 e. The van der Waals surface area contributed by atoms with Gasteiger partial charge in [-0.2, -0.15) is 4.98 Å². The molecule has 1 heterocycles. The van der Waals surface area contributed by atoms with Crippen molar-refractivity contribution in [2.45, 2.75) is 39.3 Å². The second-order valence-electron chi connectivity index (χ2n) is 5.53. The number of aromatic nitrogens is 2. The van der Waals surface area contributed by atoms with Crippen LogP contribution in [0.2, 0.25) is 0 Å². The van der Waals surface area contributed by atoms with E-state index in [9.17, 15) is 0 Å². The minimum absolute atomic E-state index is 0.190. The second-order valence-corrected chi connectivity index (χ2v) is 5.53. The summed E-state index contributed by atoms with van der Waals surface area (Å²) in [6.45, 7) is 6.85. The molecule has 0 aliphatic rings. The van der Waals surface area contributed by atoms with Gasteiger partial charge < -0.3 is 9.26 Å². The van der Waals surface area contributed by atoms with Crippen molar-refractivity contribution >= 4 is 0 Å². The minimum Gasteiger partial charge on any atom is -0.496 e. The molecule has 0 aliphatic carbocycles. The van der Waals surface area contributed by atoms with Gasteiger partial charge in [0.05, 0.1) is 13.7 Å². The van der Waals surface area contributed by atoms with E-state index < -0.39 is 0 Å². The predicted octanol–water partition coefficient (Wildman–Crippen LogP) is 3.39. The molecule has 0 saturated heterocycles. The summed E-state index contributed by atoms with van der Waals surface area (Å²) in [6, 6.07) is 8.24. The van der Waals surface area contributed by atoms with Gasteiger partial charge in [-0.25, -0.2) is 0 Å². The third-order valence-electron chi connectivity index (χ3n) is 3.64. The van der Waals surface area contributed by atoms with Crippen LogP contribution in [0.25, 0.3) is 0 Å². The molecule has 0 bridgehead atoms. The van der Waals surface area contributed by atoms with Crippen molar-refractivity contribution < 1.29 is 9.26 Å². The van der Waals surface area contributed by atoms with Crippen LogP contribution >= 0.6 is 0 Å². The number of para-hydroxylation sites is 1. The van der Waals surface area contributed by atoms with Crippen molar-refractivity contribution in [2.75, 3.05) is 14.2 Å². The first-order valence-electron chi connectivity index (χ1n) is 7.18. The first kappa shape index (κ1) is 15.5. The SMILES string of the molecule is COc1ccccc1[C@H](C)N(C)Cc1nc(C(C)C)no1. The lowest BCUT2D eigenvalue weighted by atomic mass is 10.1. The van der Waals surface area contributed by atoms with Gasteiger partial charge in [-0.3, -0.25) is 4.90 Å². The Morgan fingerprint density at radius 3 is 2.57 bits per heavy atom. The summed E-state index contributed by atoms with van der Waals surface area (Å²) in [5.74, 6) is 2.57. The number of methoxy groups -OCH3 is 1. The molecule has 0 aliphatic heterocycles. The van der Waals surface area contributed by atoms with Gasteiger partial charge >= 0.3 is 0 Å². The normalized spacial score (nSPS) is 12.9. The fourth-order valence-corrected chi connectivity index (χ4v) is 2.17. The molecule has 5 heteroatoms. The minimum atomic E-state index is 0.190. The maximum atomic E-state index is 5.42. The zero-order chi connectivity index (χ0) is 15.4. The van der Waals surface area contributed by atoms with Crippen LogP contribution in [0, 0.1) is 0 Å². The van der Waals surface area contributed by atoms with Crippen molar-refractivity contribution in [3.8, 4) is 5.75 Å². The molecule has 0 fully saturated rings. The fraction of sp³-hybridized carbons (Fsp3) is 0.500.